The van der Waals surface area contributed by atoms with Gasteiger partial charge in [-0.05, 0) is 63.2 Å². The second-order valence-corrected chi connectivity index (χ2v) is 5.95. The molecule has 1 amide bonds. The van der Waals surface area contributed by atoms with Crippen LogP contribution in [0.5, 0.6) is 5.75 Å². The monoisotopic (exact) mass is 328 g/mol. The third-order valence-electron chi connectivity index (χ3n) is 4.32. The largest absolute Gasteiger partial charge is 0.494 e. The van der Waals surface area contributed by atoms with Gasteiger partial charge in [0.15, 0.2) is 0 Å². The molecular formula is C19H24N2O3. The average Bonchev–Trinajstić information content (AvgIpc) is 3.30. The number of carbonyl (C=O) groups excluding carboxylic acids is 1. The number of benzene rings is 1. The third kappa shape index (κ3) is 3.97. The number of rotatable bonds is 7. The Labute approximate surface area is 142 Å². The normalized spacial score (nSPS) is 16.0. The first-order chi connectivity index (χ1) is 11.8. The van der Waals surface area contributed by atoms with Gasteiger partial charge >= 0.3 is 0 Å². The van der Waals surface area contributed by atoms with Crippen LogP contribution < -0.4 is 10.1 Å². The van der Waals surface area contributed by atoms with Crippen LogP contribution in [0.2, 0.25) is 0 Å². The zero-order valence-electron chi connectivity index (χ0n) is 14.0. The first-order valence-corrected chi connectivity index (χ1v) is 8.56. The first-order valence-electron chi connectivity index (χ1n) is 8.56. The fourth-order valence-electron chi connectivity index (χ4n) is 3.13. The molecule has 0 radical (unpaired) electrons. The molecule has 1 atom stereocenters. The Morgan fingerprint density at radius 3 is 2.83 bits per heavy atom. The van der Waals surface area contributed by atoms with E-state index in [2.05, 4.69) is 10.2 Å². The molecule has 1 aromatic carbocycles. The highest BCUT2D eigenvalue weighted by molar-refractivity contribution is 5.94. The van der Waals surface area contributed by atoms with Crippen LogP contribution in [0.15, 0.2) is 47.1 Å². The van der Waals surface area contributed by atoms with Crippen LogP contribution in [-0.2, 0) is 0 Å². The Hall–Kier alpha value is -2.27. The maximum atomic E-state index is 12.5. The SMILES string of the molecule is CCOc1cccc(C(=O)NCC(c2ccco2)N2CCCC2)c1. The van der Waals surface area contributed by atoms with Crippen molar-refractivity contribution in [1.82, 2.24) is 10.2 Å². The van der Waals surface area contributed by atoms with Gasteiger partial charge in [-0.1, -0.05) is 6.07 Å². The highest BCUT2D eigenvalue weighted by atomic mass is 16.5. The molecule has 1 aliphatic rings. The van der Waals surface area contributed by atoms with E-state index in [0.717, 1.165) is 18.8 Å². The molecule has 1 aromatic heterocycles. The van der Waals surface area contributed by atoms with Crippen molar-refractivity contribution in [2.45, 2.75) is 25.8 Å². The molecular weight excluding hydrogens is 304 g/mol. The second-order valence-electron chi connectivity index (χ2n) is 5.95. The van der Waals surface area contributed by atoms with Gasteiger partial charge in [0, 0.05) is 12.1 Å². The number of amides is 1. The van der Waals surface area contributed by atoms with E-state index in [1.807, 2.05) is 31.2 Å². The van der Waals surface area contributed by atoms with Crippen molar-refractivity contribution < 1.29 is 13.9 Å². The number of nitrogens with one attached hydrogen (secondary N) is 1. The summed E-state index contributed by atoms with van der Waals surface area (Å²) in [5.41, 5.74) is 0.612. The van der Waals surface area contributed by atoms with Crippen molar-refractivity contribution in [3.63, 3.8) is 0 Å². The summed E-state index contributed by atoms with van der Waals surface area (Å²) in [4.78, 5) is 14.8. The summed E-state index contributed by atoms with van der Waals surface area (Å²) in [5.74, 6) is 1.53. The molecule has 128 valence electrons. The van der Waals surface area contributed by atoms with E-state index >= 15 is 0 Å². The number of ether oxygens (including phenoxy) is 1. The lowest BCUT2D eigenvalue weighted by Crippen LogP contribution is -2.36. The number of hydrogen-bond acceptors (Lipinski definition) is 4. The van der Waals surface area contributed by atoms with Crippen molar-refractivity contribution in [3.8, 4) is 5.75 Å². The van der Waals surface area contributed by atoms with Crippen molar-refractivity contribution in [1.29, 1.82) is 0 Å². The van der Waals surface area contributed by atoms with Gasteiger partial charge in [0.1, 0.15) is 11.5 Å². The van der Waals surface area contributed by atoms with Crippen molar-refractivity contribution >= 4 is 5.91 Å². The molecule has 1 aliphatic heterocycles. The van der Waals surface area contributed by atoms with Gasteiger partial charge in [-0.25, -0.2) is 0 Å². The molecule has 5 heteroatoms. The summed E-state index contributed by atoms with van der Waals surface area (Å²) in [6, 6.07) is 11.2. The third-order valence-corrected chi connectivity index (χ3v) is 4.32. The van der Waals surface area contributed by atoms with Crippen LogP contribution in [-0.4, -0.2) is 37.0 Å². The molecule has 0 bridgehead atoms. The summed E-state index contributed by atoms with van der Waals surface area (Å²) in [7, 11) is 0. The molecule has 0 aliphatic carbocycles. The highest BCUT2D eigenvalue weighted by Gasteiger charge is 2.26. The summed E-state index contributed by atoms with van der Waals surface area (Å²) in [6.45, 7) is 5.13. The number of furan rings is 1. The van der Waals surface area contributed by atoms with Crippen LogP contribution in [0.3, 0.4) is 0 Å². The summed E-state index contributed by atoms with van der Waals surface area (Å²) in [5, 5.41) is 3.04. The van der Waals surface area contributed by atoms with E-state index < -0.39 is 0 Å². The molecule has 2 aromatic rings. The lowest BCUT2D eigenvalue weighted by atomic mass is 10.1. The Bertz CT molecular complexity index is 648. The molecule has 2 heterocycles. The maximum absolute atomic E-state index is 12.5. The van der Waals surface area contributed by atoms with Crippen molar-refractivity contribution in [2.75, 3.05) is 26.2 Å². The van der Waals surface area contributed by atoms with E-state index in [1.54, 1.807) is 18.4 Å². The number of likely N-dealkylation sites (tertiary alicyclic amines) is 1. The van der Waals surface area contributed by atoms with E-state index in [-0.39, 0.29) is 11.9 Å². The van der Waals surface area contributed by atoms with Crippen molar-refractivity contribution in [3.05, 3.63) is 54.0 Å². The lowest BCUT2D eigenvalue weighted by Gasteiger charge is -2.26. The molecule has 1 N–H and O–H groups in total. The smallest absolute Gasteiger partial charge is 0.251 e. The predicted octanol–water partition coefficient (Wildman–Crippen LogP) is 3.25. The summed E-state index contributed by atoms with van der Waals surface area (Å²) >= 11 is 0. The van der Waals surface area contributed by atoms with Crippen molar-refractivity contribution in [2.24, 2.45) is 0 Å². The van der Waals surface area contributed by atoms with Gasteiger partial charge in [0.05, 0.1) is 18.9 Å². The number of nitrogens with zero attached hydrogens (tertiary/aromatic N) is 1. The van der Waals surface area contributed by atoms with Gasteiger partial charge in [-0.15, -0.1) is 0 Å². The zero-order chi connectivity index (χ0) is 16.8. The molecule has 1 fully saturated rings. The standard InChI is InChI=1S/C19H24N2O3/c1-2-23-16-8-5-7-15(13-16)19(22)20-14-17(18-9-6-12-24-18)21-10-3-4-11-21/h5-9,12-13,17H,2-4,10-11,14H2,1H3,(H,20,22). The molecule has 0 saturated carbocycles. The van der Waals surface area contributed by atoms with Gasteiger partial charge in [0.25, 0.3) is 5.91 Å². The van der Waals surface area contributed by atoms with Gasteiger partial charge in [-0.2, -0.15) is 0 Å². The maximum Gasteiger partial charge on any atom is 0.251 e. The molecule has 5 nitrogen and oxygen atoms in total. The second kappa shape index (κ2) is 8.02. The summed E-state index contributed by atoms with van der Waals surface area (Å²) < 4.78 is 11.0. The minimum atomic E-state index is -0.0905. The zero-order valence-corrected chi connectivity index (χ0v) is 14.0. The van der Waals surface area contributed by atoms with E-state index in [1.165, 1.54) is 12.8 Å². The summed E-state index contributed by atoms with van der Waals surface area (Å²) in [6.07, 6.45) is 4.08. The van der Waals surface area contributed by atoms with E-state index in [0.29, 0.717) is 24.5 Å². The van der Waals surface area contributed by atoms with E-state index in [4.69, 9.17) is 9.15 Å². The number of carbonyl (C=O) groups is 1. The first kappa shape index (κ1) is 16.6. The quantitative estimate of drug-likeness (QED) is 0.848. The minimum Gasteiger partial charge on any atom is -0.494 e. The Morgan fingerprint density at radius 2 is 2.12 bits per heavy atom. The fraction of sp³-hybridized carbons (Fsp3) is 0.421. The van der Waals surface area contributed by atoms with Crippen LogP contribution >= 0.6 is 0 Å². The molecule has 24 heavy (non-hydrogen) atoms. The minimum absolute atomic E-state index is 0.0847. The average molecular weight is 328 g/mol. The van der Waals surface area contributed by atoms with Gasteiger partial charge in [-0.3, -0.25) is 9.69 Å². The van der Waals surface area contributed by atoms with E-state index in [9.17, 15) is 4.79 Å². The Balaban J connectivity index is 1.65. The molecule has 0 spiro atoms. The molecule has 3 rings (SSSR count). The fourth-order valence-corrected chi connectivity index (χ4v) is 3.13. The van der Waals surface area contributed by atoms with Crippen LogP contribution in [0.4, 0.5) is 0 Å². The van der Waals surface area contributed by atoms with Crippen LogP contribution in [0.25, 0.3) is 0 Å². The van der Waals surface area contributed by atoms with Gasteiger partial charge < -0.3 is 14.5 Å². The lowest BCUT2D eigenvalue weighted by molar-refractivity contribution is 0.0933. The van der Waals surface area contributed by atoms with Crippen LogP contribution in [0.1, 0.15) is 41.9 Å². The Morgan fingerprint density at radius 1 is 1.29 bits per heavy atom. The molecule has 1 unspecified atom stereocenters. The Kier molecular flexibility index (Phi) is 5.54. The topological polar surface area (TPSA) is 54.7 Å². The predicted molar refractivity (Wildman–Crippen MR) is 92.2 cm³/mol. The van der Waals surface area contributed by atoms with Gasteiger partial charge in [0.2, 0.25) is 0 Å². The number of hydrogen-bond donors (Lipinski definition) is 1. The molecule has 1 saturated heterocycles. The van der Waals surface area contributed by atoms with Crippen LogP contribution in [0, 0.1) is 0 Å². The highest BCUT2D eigenvalue weighted by Crippen LogP contribution is 2.25.